The standard InChI is InChI=1S/C14H18ClN3/c1-4-12-14(16)13(5-2)18(17-12)10-7-6-9(3)11(15)8-10/h6-8H,4-5,16H2,1-3H3. The van der Waals surface area contributed by atoms with E-state index in [1.54, 1.807) is 0 Å². The first-order chi connectivity index (χ1) is 8.58. The van der Waals surface area contributed by atoms with Crippen molar-refractivity contribution in [1.82, 2.24) is 9.78 Å². The van der Waals surface area contributed by atoms with Gasteiger partial charge in [-0.25, -0.2) is 4.68 Å². The molecule has 0 saturated carbocycles. The first-order valence-electron chi connectivity index (χ1n) is 6.21. The van der Waals surface area contributed by atoms with Crippen LogP contribution in [0.2, 0.25) is 5.02 Å². The van der Waals surface area contributed by atoms with Gasteiger partial charge in [-0.05, 0) is 37.5 Å². The van der Waals surface area contributed by atoms with Gasteiger partial charge in [0.1, 0.15) is 0 Å². The van der Waals surface area contributed by atoms with Crippen LogP contribution >= 0.6 is 11.6 Å². The number of aryl methyl sites for hydroxylation is 2. The Morgan fingerprint density at radius 1 is 1.28 bits per heavy atom. The van der Waals surface area contributed by atoms with Crippen molar-refractivity contribution in [2.24, 2.45) is 0 Å². The second-order valence-electron chi connectivity index (χ2n) is 4.36. The topological polar surface area (TPSA) is 43.8 Å². The first kappa shape index (κ1) is 13.0. The minimum absolute atomic E-state index is 0.752. The molecule has 1 heterocycles. The fourth-order valence-corrected chi connectivity index (χ4v) is 2.22. The van der Waals surface area contributed by atoms with E-state index in [9.17, 15) is 0 Å². The average molecular weight is 264 g/mol. The van der Waals surface area contributed by atoms with Gasteiger partial charge in [-0.2, -0.15) is 5.10 Å². The highest BCUT2D eigenvalue weighted by Crippen LogP contribution is 2.25. The highest BCUT2D eigenvalue weighted by atomic mass is 35.5. The lowest BCUT2D eigenvalue weighted by Crippen LogP contribution is -2.02. The van der Waals surface area contributed by atoms with Crippen LogP contribution in [0.3, 0.4) is 0 Å². The molecule has 0 unspecified atom stereocenters. The number of hydrogen-bond acceptors (Lipinski definition) is 2. The van der Waals surface area contributed by atoms with E-state index in [1.807, 2.05) is 29.8 Å². The van der Waals surface area contributed by atoms with E-state index in [2.05, 4.69) is 18.9 Å². The van der Waals surface area contributed by atoms with Crippen LogP contribution in [0.4, 0.5) is 5.69 Å². The van der Waals surface area contributed by atoms with E-state index in [1.165, 1.54) is 0 Å². The van der Waals surface area contributed by atoms with Crippen LogP contribution in [-0.2, 0) is 12.8 Å². The zero-order valence-corrected chi connectivity index (χ0v) is 11.8. The fourth-order valence-electron chi connectivity index (χ4n) is 2.04. The van der Waals surface area contributed by atoms with Crippen LogP contribution in [-0.4, -0.2) is 9.78 Å². The minimum atomic E-state index is 0.752. The lowest BCUT2D eigenvalue weighted by atomic mass is 10.2. The monoisotopic (exact) mass is 263 g/mol. The Morgan fingerprint density at radius 3 is 2.56 bits per heavy atom. The van der Waals surface area contributed by atoms with Gasteiger partial charge in [0.2, 0.25) is 0 Å². The maximum atomic E-state index is 6.17. The van der Waals surface area contributed by atoms with Crippen LogP contribution in [0.1, 0.15) is 30.8 Å². The van der Waals surface area contributed by atoms with E-state index in [0.29, 0.717) is 0 Å². The second kappa shape index (κ2) is 5.02. The summed E-state index contributed by atoms with van der Waals surface area (Å²) in [5, 5.41) is 5.32. The van der Waals surface area contributed by atoms with E-state index in [-0.39, 0.29) is 0 Å². The molecule has 0 aliphatic heterocycles. The van der Waals surface area contributed by atoms with Crippen LogP contribution in [0, 0.1) is 6.92 Å². The SMILES string of the molecule is CCc1nn(-c2ccc(C)c(Cl)c2)c(CC)c1N. The predicted octanol–water partition coefficient (Wildman–Crippen LogP) is 3.54. The van der Waals surface area contributed by atoms with Crippen molar-refractivity contribution in [3.63, 3.8) is 0 Å². The number of nitrogens with two attached hydrogens (primary N) is 1. The summed E-state index contributed by atoms with van der Waals surface area (Å²) < 4.78 is 1.90. The molecule has 96 valence electrons. The normalized spacial score (nSPS) is 10.9. The minimum Gasteiger partial charge on any atom is -0.396 e. The molecule has 3 nitrogen and oxygen atoms in total. The number of halogens is 1. The lowest BCUT2D eigenvalue weighted by molar-refractivity contribution is 0.794. The molecule has 0 fully saturated rings. The van der Waals surface area contributed by atoms with Crippen LogP contribution in [0.15, 0.2) is 18.2 Å². The number of nitrogens with zero attached hydrogens (tertiary/aromatic N) is 2. The number of aromatic nitrogens is 2. The number of hydrogen-bond donors (Lipinski definition) is 1. The van der Waals surface area contributed by atoms with Crippen molar-refractivity contribution in [2.45, 2.75) is 33.6 Å². The first-order valence-corrected chi connectivity index (χ1v) is 6.59. The number of anilines is 1. The van der Waals surface area contributed by atoms with Crippen LogP contribution in [0.5, 0.6) is 0 Å². The van der Waals surface area contributed by atoms with Crippen molar-refractivity contribution in [3.8, 4) is 5.69 Å². The van der Waals surface area contributed by atoms with Gasteiger partial charge < -0.3 is 5.73 Å². The third-order valence-electron chi connectivity index (χ3n) is 3.17. The molecule has 1 aromatic heterocycles. The molecule has 0 aliphatic carbocycles. The van der Waals surface area contributed by atoms with Gasteiger partial charge in [-0.3, -0.25) is 0 Å². The zero-order chi connectivity index (χ0) is 13.3. The van der Waals surface area contributed by atoms with Gasteiger partial charge in [0.25, 0.3) is 0 Å². The Morgan fingerprint density at radius 2 is 2.00 bits per heavy atom. The third-order valence-corrected chi connectivity index (χ3v) is 3.58. The Kier molecular flexibility index (Phi) is 3.62. The molecule has 2 N–H and O–H groups in total. The Labute approximate surface area is 113 Å². The molecule has 0 atom stereocenters. The molecule has 0 aliphatic rings. The average Bonchev–Trinajstić information content (AvgIpc) is 2.69. The van der Waals surface area contributed by atoms with E-state index in [4.69, 9.17) is 17.3 Å². The number of rotatable bonds is 3. The molecule has 1 aromatic carbocycles. The molecule has 0 spiro atoms. The summed E-state index contributed by atoms with van der Waals surface area (Å²) in [5.74, 6) is 0. The lowest BCUT2D eigenvalue weighted by Gasteiger charge is -2.08. The van der Waals surface area contributed by atoms with Gasteiger partial charge in [-0.15, -0.1) is 0 Å². The van der Waals surface area contributed by atoms with Crippen molar-refractivity contribution >= 4 is 17.3 Å². The highest BCUT2D eigenvalue weighted by Gasteiger charge is 2.14. The van der Waals surface area contributed by atoms with E-state index >= 15 is 0 Å². The molecule has 0 radical (unpaired) electrons. The van der Waals surface area contributed by atoms with Crippen molar-refractivity contribution < 1.29 is 0 Å². The largest absolute Gasteiger partial charge is 0.396 e. The van der Waals surface area contributed by atoms with Crippen molar-refractivity contribution in [2.75, 3.05) is 5.73 Å². The summed E-state index contributed by atoms with van der Waals surface area (Å²) in [4.78, 5) is 0. The fraction of sp³-hybridized carbons (Fsp3) is 0.357. The highest BCUT2D eigenvalue weighted by molar-refractivity contribution is 6.31. The molecule has 2 rings (SSSR count). The second-order valence-corrected chi connectivity index (χ2v) is 4.77. The quantitative estimate of drug-likeness (QED) is 0.920. The Balaban J connectivity index is 2.59. The summed E-state index contributed by atoms with van der Waals surface area (Å²) in [6, 6.07) is 5.95. The summed E-state index contributed by atoms with van der Waals surface area (Å²) in [6.07, 6.45) is 1.69. The summed E-state index contributed by atoms with van der Waals surface area (Å²) >= 11 is 6.17. The van der Waals surface area contributed by atoms with Gasteiger partial charge in [-0.1, -0.05) is 31.5 Å². The molecule has 2 aromatic rings. The molecule has 0 amide bonds. The molecule has 4 heteroatoms. The van der Waals surface area contributed by atoms with Gasteiger partial charge in [0, 0.05) is 5.02 Å². The Bertz CT molecular complexity index is 573. The summed E-state index contributed by atoms with van der Waals surface area (Å²) in [5.41, 5.74) is 10.9. The van der Waals surface area contributed by atoms with Crippen molar-refractivity contribution in [1.29, 1.82) is 0 Å². The number of benzene rings is 1. The maximum Gasteiger partial charge on any atom is 0.0858 e. The maximum absolute atomic E-state index is 6.17. The van der Waals surface area contributed by atoms with Crippen LogP contribution in [0.25, 0.3) is 5.69 Å². The number of nitrogen functional groups attached to an aromatic ring is 1. The molecular weight excluding hydrogens is 246 g/mol. The Hall–Kier alpha value is -1.48. The van der Waals surface area contributed by atoms with E-state index < -0.39 is 0 Å². The zero-order valence-electron chi connectivity index (χ0n) is 11.0. The molecule has 0 saturated heterocycles. The molecular formula is C14H18ClN3. The predicted molar refractivity (Wildman–Crippen MR) is 76.5 cm³/mol. The van der Waals surface area contributed by atoms with Crippen molar-refractivity contribution in [3.05, 3.63) is 40.2 Å². The molecule has 0 bridgehead atoms. The van der Waals surface area contributed by atoms with E-state index in [0.717, 1.165) is 46.2 Å². The third kappa shape index (κ3) is 2.10. The summed E-state index contributed by atoms with van der Waals surface area (Å²) in [6.45, 7) is 6.13. The molecule has 18 heavy (non-hydrogen) atoms. The van der Waals surface area contributed by atoms with Gasteiger partial charge in [0.05, 0.1) is 22.8 Å². The van der Waals surface area contributed by atoms with Crippen LogP contribution < -0.4 is 5.73 Å². The summed E-state index contributed by atoms with van der Waals surface area (Å²) in [7, 11) is 0. The van der Waals surface area contributed by atoms with Gasteiger partial charge >= 0.3 is 0 Å². The van der Waals surface area contributed by atoms with Gasteiger partial charge in [0.15, 0.2) is 0 Å². The smallest absolute Gasteiger partial charge is 0.0858 e.